The minimum absolute atomic E-state index is 0.0711. The minimum atomic E-state index is -0.0711. The van der Waals surface area contributed by atoms with Crippen molar-refractivity contribution in [3.63, 3.8) is 0 Å². The standard InChI is InChI=1S/C17H26N2O2S/c1-4-6-11-19(5-2)17(21)13-22-12-16(20)18-15-9-7-14(3)8-10-15/h7-10H,4-6,11-13H2,1-3H3,(H,18,20). The number of aryl methyl sites for hydroxylation is 1. The monoisotopic (exact) mass is 322 g/mol. The zero-order chi connectivity index (χ0) is 16.4. The number of nitrogens with one attached hydrogen (secondary N) is 1. The number of benzene rings is 1. The molecule has 0 saturated heterocycles. The number of rotatable bonds is 9. The minimum Gasteiger partial charge on any atom is -0.342 e. The van der Waals surface area contributed by atoms with Crippen LogP contribution in [0.4, 0.5) is 5.69 Å². The molecule has 1 aromatic carbocycles. The van der Waals surface area contributed by atoms with Crippen LogP contribution >= 0.6 is 11.8 Å². The van der Waals surface area contributed by atoms with E-state index in [1.165, 1.54) is 11.8 Å². The van der Waals surface area contributed by atoms with E-state index in [1.807, 2.05) is 43.0 Å². The SMILES string of the molecule is CCCCN(CC)C(=O)CSCC(=O)Nc1ccc(C)cc1. The van der Waals surface area contributed by atoms with Crippen LogP contribution in [0.15, 0.2) is 24.3 Å². The average molecular weight is 322 g/mol. The Hall–Kier alpha value is -1.49. The van der Waals surface area contributed by atoms with Gasteiger partial charge in [-0.2, -0.15) is 0 Å². The van der Waals surface area contributed by atoms with Gasteiger partial charge in [0.15, 0.2) is 0 Å². The summed E-state index contributed by atoms with van der Waals surface area (Å²) in [6.07, 6.45) is 2.11. The van der Waals surface area contributed by atoms with Crippen LogP contribution in [0, 0.1) is 6.92 Å². The first-order valence-corrected chi connectivity index (χ1v) is 8.94. The molecular weight excluding hydrogens is 296 g/mol. The maximum atomic E-state index is 12.0. The number of thioether (sulfide) groups is 1. The lowest BCUT2D eigenvalue weighted by Crippen LogP contribution is -2.33. The summed E-state index contributed by atoms with van der Waals surface area (Å²) in [5.41, 5.74) is 1.95. The summed E-state index contributed by atoms with van der Waals surface area (Å²) in [6.45, 7) is 7.65. The summed E-state index contributed by atoms with van der Waals surface area (Å²) in [7, 11) is 0. The van der Waals surface area contributed by atoms with Crippen LogP contribution in [0.5, 0.6) is 0 Å². The smallest absolute Gasteiger partial charge is 0.234 e. The first kappa shape index (κ1) is 18.6. The van der Waals surface area contributed by atoms with Gasteiger partial charge in [0.05, 0.1) is 11.5 Å². The number of hydrogen-bond acceptors (Lipinski definition) is 3. The predicted molar refractivity (Wildman–Crippen MR) is 94.3 cm³/mol. The van der Waals surface area contributed by atoms with Crippen LogP contribution in [-0.4, -0.2) is 41.3 Å². The van der Waals surface area contributed by atoms with Gasteiger partial charge in [0.25, 0.3) is 0 Å². The van der Waals surface area contributed by atoms with E-state index in [2.05, 4.69) is 12.2 Å². The Bertz CT molecular complexity index is 474. The van der Waals surface area contributed by atoms with Crippen molar-refractivity contribution in [2.75, 3.05) is 29.9 Å². The van der Waals surface area contributed by atoms with Crippen LogP contribution in [0.3, 0.4) is 0 Å². The van der Waals surface area contributed by atoms with Gasteiger partial charge in [-0.1, -0.05) is 31.0 Å². The van der Waals surface area contributed by atoms with E-state index in [1.54, 1.807) is 0 Å². The molecule has 0 aliphatic rings. The second kappa shape index (κ2) is 10.3. The molecule has 0 aliphatic carbocycles. The van der Waals surface area contributed by atoms with Crippen molar-refractivity contribution in [2.24, 2.45) is 0 Å². The quantitative estimate of drug-likeness (QED) is 0.759. The van der Waals surface area contributed by atoms with Crippen LogP contribution in [0.2, 0.25) is 0 Å². The second-order valence-corrected chi connectivity index (χ2v) is 6.22. The van der Waals surface area contributed by atoms with Crippen molar-refractivity contribution in [3.05, 3.63) is 29.8 Å². The fraction of sp³-hybridized carbons (Fsp3) is 0.529. The molecule has 0 aliphatic heterocycles. The zero-order valence-corrected chi connectivity index (χ0v) is 14.5. The number of amides is 2. The third-order valence-corrected chi connectivity index (χ3v) is 4.23. The highest BCUT2D eigenvalue weighted by Crippen LogP contribution is 2.10. The lowest BCUT2D eigenvalue weighted by Gasteiger charge is -2.20. The molecule has 1 rings (SSSR count). The molecule has 2 amide bonds. The number of anilines is 1. The van der Waals surface area contributed by atoms with Gasteiger partial charge in [-0.3, -0.25) is 9.59 Å². The molecule has 0 spiro atoms. The van der Waals surface area contributed by atoms with Gasteiger partial charge in [-0.25, -0.2) is 0 Å². The molecule has 0 bridgehead atoms. The molecule has 122 valence electrons. The van der Waals surface area contributed by atoms with Crippen LogP contribution in [0.25, 0.3) is 0 Å². The van der Waals surface area contributed by atoms with E-state index in [0.29, 0.717) is 11.5 Å². The molecule has 0 heterocycles. The Labute approximate surface area is 137 Å². The summed E-state index contributed by atoms with van der Waals surface area (Å²) in [6, 6.07) is 7.68. The third kappa shape index (κ3) is 6.98. The number of carbonyl (C=O) groups is 2. The topological polar surface area (TPSA) is 49.4 Å². The highest BCUT2D eigenvalue weighted by atomic mass is 32.2. The van der Waals surface area contributed by atoms with Crippen molar-refractivity contribution in [3.8, 4) is 0 Å². The van der Waals surface area contributed by atoms with Gasteiger partial charge in [0, 0.05) is 18.8 Å². The van der Waals surface area contributed by atoms with E-state index < -0.39 is 0 Å². The van der Waals surface area contributed by atoms with Crippen molar-refractivity contribution in [2.45, 2.75) is 33.6 Å². The van der Waals surface area contributed by atoms with Crippen LogP contribution in [-0.2, 0) is 9.59 Å². The van der Waals surface area contributed by atoms with Crippen molar-refractivity contribution in [1.82, 2.24) is 4.90 Å². The Kier molecular flexibility index (Phi) is 8.67. The van der Waals surface area contributed by atoms with Gasteiger partial charge in [-0.15, -0.1) is 11.8 Å². The predicted octanol–water partition coefficient (Wildman–Crippen LogP) is 3.32. The number of hydrogen-bond donors (Lipinski definition) is 1. The lowest BCUT2D eigenvalue weighted by molar-refractivity contribution is -0.128. The van der Waals surface area contributed by atoms with Crippen LogP contribution in [0.1, 0.15) is 32.3 Å². The van der Waals surface area contributed by atoms with Crippen LogP contribution < -0.4 is 5.32 Å². The maximum absolute atomic E-state index is 12.0. The highest BCUT2D eigenvalue weighted by molar-refractivity contribution is 8.00. The van der Waals surface area contributed by atoms with E-state index in [9.17, 15) is 9.59 Å². The van der Waals surface area contributed by atoms with Gasteiger partial charge < -0.3 is 10.2 Å². The number of carbonyl (C=O) groups excluding carboxylic acids is 2. The normalized spacial score (nSPS) is 10.3. The molecule has 22 heavy (non-hydrogen) atoms. The molecule has 1 aromatic rings. The van der Waals surface area contributed by atoms with E-state index in [-0.39, 0.29) is 11.8 Å². The summed E-state index contributed by atoms with van der Waals surface area (Å²) < 4.78 is 0. The Morgan fingerprint density at radius 3 is 2.41 bits per heavy atom. The van der Waals surface area contributed by atoms with Gasteiger partial charge >= 0.3 is 0 Å². The lowest BCUT2D eigenvalue weighted by atomic mass is 10.2. The molecule has 0 atom stereocenters. The van der Waals surface area contributed by atoms with Gasteiger partial charge in [0.1, 0.15) is 0 Å². The molecule has 0 saturated carbocycles. The summed E-state index contributed by atoms with van der Waals surface area (Å²) in [5.74, 6) is 0.700. The molecule has 0 unspecified atom stereocenters. The van der Waals surface area contributed by atoms with Crippen molar-refractivity contribution in [1.29, 1.82) is 0 Å². The zero-order valence-electron chi connectivity index (χ0n) is 13.7. The molecule has 1 N–H and O–H groups in total. The van der Waals surface area contributed by atoms with E-state index in [4.69, 9.17) is 0 Å². The second-order valence-electron chi connectivity index (χ2n) is 5.23. The summed E-state index contributed by atoms with van der Waals surface area (Å²) >= 11 is 1.37. The molecular formula is C17H26N2O2S. The number of nitrogens with zero attached hydrogens (tertiary/aromatic N) is 1. The Morgan fingerprint density at radius 2 is 1.82 bits per heavy atom. The Balaban J connectivity index is 2.29. The summed E-state index contributed by atoms with van der Waals surface area (Å²) in [4.78, 5) is 25.7. The summed E-state index contributed by atoms with van der Waals surface area (Å²) in [5, 5.41) is 2.84. The number of unbranched alkanes of at least 4 members (excludes halogenated alkanes) is 1. The van der Waals surface area contributed by atoms with E-state index in [0.717, 1.165) is 37.2 Å². The van der Waals surface area contributed by atoms with E-state index >= 15 is 0 Å². The van der Waals surface area contributed by atoms with Crippen molar-refractivity contribution < 1.29 is 9.59 Å². The third-order valence-electron chi connectivity index (χ3n) is 3.31. The average Bonchev–Trinajstić information content (AvgIpc) is 2.50. The maximum Gasteiger partial charge on any atom is 0.234 e. The molecule has 0 aromatic heterocycles. The Morgan fingerprint density at radius 1 is 1.14 bits per heavy atom. The largest absolute Gasteiger partial charge is 0.342 e. The van der Waals surface area contributed by atoms with Gasteiger partial charge in [0.2, 0.25) is 11.8 Å². The fourth-order valence-electron chi connectivity index (χ4n) is 1.96. The molecule has 5 heteroatoms. The highest BCUT2D eigenvalue weighted by Gasteiger charge is 2.12. The first-order chi connectivity index (χ1) is 10.6. The fourth-order valence-corrected chi connectivity index (χ4v) is 2.68. The van der Waals surface area contributed by atoms with Crippen molar-refractivity contribution >= 4 is 29.3 Å². The first-order valence-electron chi connectivity index (χ1n) is 7.78. The molecule has 0 radical (unpaired) electrons. The molecule has 0 fully saturated rings. The molecule has 4 nitrogen and oxygen atoms in total. The van der Waals surface area contributed by atoms with Gasteiger partial charge in [-0.05, 0) is 32.4 Å².